The highest BCUT2D eigenvalue weighted by Gasteiger charge is 2.36. The first kappa shape index (κ1) is 15.6. The third kappa shape index (κ3) is 3.63. The van der Waals surface area contributed by atoms with Crippen LogP contribution in [-0.2, 0) is 5.41 Å². The van der Waals surface area contributed by atoms with Crippen LogP contribution in [0.3, 0.4) is 0 Å². The van der Waals surface area contributed by atoms with E-state index in [9.17, 15) is 0 Å². The minimum Gasteiger partial charge on any atom is -0.313 e. The molecule has 0 saturated heterocycles. The molecule has 2 rings (SSSR count). The number of rotatable bonds is 5. The SMILES string of the molecule is CCNC(C1CCCCCC1)C(C)(C)c1ccccc1. The Morgan fingerprint density at radius 1 is 1.05 bits per heavy atom. The van der Waals surface area contributed by atoms with Gasteiger partial charge in [-0.2, -0.15) is 0 Å². The molecule has 0 bridgehead atoms. The highest BCUT2D eigenvalue weighted by atomic mass is 14.9. The molecule has 0 heterocycles. The fourth-order valence-corrected chi connectivity index (χ4v) is 3.92. The van der Waals surface area contributed by atoms with Gasteiger partial charge in [-0.3, -0.25) is 0 Å². The van der Waals surface area contributed by atoms with Crippen molar-refractivity contribution < 1.29 is 0 Å². The van der Waals surface area contributed by atoms with Crippen LogP contribution in [0.25, 0.3) is 0 Å². The average molecular weight is 273 g/mol. The van der Waals surface area contributed by atoms with E-state index in [0.29, 0.717) is 6.04 Å². The number of hydrogen-bond donors (Lipinski definition) is 1. The Kier molecular flexibility index (Phi) is 5.65. The molecule has 1 heteroatoms. The first-order chi connectivity index (χ1) is 9.66. The van der Waals surface area contributed by atoms with E-state index in [-0.39, 0.29) is 5.41 Å². The van der Waals surface area contributed by atoms with Gasteiger partial charge >= 0.3 is 0 Å². The molecule has 1 atom stereocenters. The third-order valence-corrected chi connectivity index (χ3v) is 5.09. The molecule has 1 unspecified atom stereocenters. The summed E-state index contributed by atoms with van der Waals surface area (Å²) in [6, 6.07) is 11.6. The molecule has 1 aromatic rings. The van der Waals surface area contributed by atoms with Crippen molar-refractivity contribution in [1.29, 1.82) is 0 Å². The maximum atomic E-state index is 3.82. The van der Waals surface area contributed by atoms with E-state index in [0.717, 1.165) is 12.5 Å². The zero-order valence-electron chi connectivity index (χ0n) is 13.5. The number of nitrogens with one attached hydrogen (secondary N) is 1. The molecule has 20 heavy (non-hydrogen) atoms. The standard InChI is InChI=1S/C19H31N/c1-4-20-18(16-12-8-5-6-9-13-16)19(2,3)17-14-10-7-11-15-17/h7,10-11,14-16,18,20H,4-6,8-9,12-13H2,1-3H3. The first-order valence-electron chi connectivity index (χ1n) is 8.45. The second kappa shape index (κ2) is 7.26. The van der Waals surface area contributed by atoms with Gasteiger partial charge in [-0.05, 0) is 30.9 Å². The van der Waals surface area contributed by atoms with Gasteiger partial charge in [0.2, 0.25) is 0 Å². The Balaban J connectivity index is 2.21. The van der Waals surface area contributed by atoms with Crippen molar-refractivity contribution in [1.82, 2.24) is 5.32 Å². The number of likely N-dealkylation sites (N-methyl/N-ethyl adjacent to an activating group) is 1. The highest BCUT2D eigenvalue weighted by Crippen LogP contribution is 2.36. The van der Waals surface area contributed by atoms with Crippen LogP contribution >= 0.6 is 0 Å². The number of benzene rings is 1. The van der Waals surface area contributed by atoms with Crippen molar-refractivity contribution in [2.75, 3.05) is 6.54 Å². The summed E-state index contributed by atoms with van der Waals surface area (Å²) in [5.41, 5.74) is 1.67. The molecule has 1 nitrogen and oxygen atoms in total. The molecule has 0 amide bonds. The van der Waals surface area contributed by atoms with Crippen LogP contribution in [0.1, 0.15) is 64.9 Å². The van der Waals surface area contributed by atoms with Crippen molar-refractivity contribution in [2.45, 2.75) is 70.8 Å². The van der Waals surface area contributed by atoms with Gasteiger partial charge in [0.25, 0.3) is 0 Å². The van der Waals surface area contributed by atoms with Crippen LogP contribution < -0.4 is 5.32 Å². The predicted octanol–water partition coefficient (Wildman–Crippen LogP) is 4.91. The minimum atomic E-state index is 0.201. The average Bonchev–Trinajstić information content (AvgIpc) is 2.74. The quantitative estimate of drug-likeness (QED) is 0.751. The van der Waals surface area contributed by atoms with E-state index in [1.165, 1.54) is 44.1 Å². The maximum absolute atomic E-state index is 3.82. The number of hydrogen-bond acceptors (Lipinski definition) is 1. The van der Waals surface area contributed by atoms with Crippen molar-refractivity contribution >= 4 is 0 Å². The molecule has 112 valence electrons. The first-order valence-corrected chi connectivity index (χ1v) is 8.45. The Labute approximate surface area is 125 Å². The van der Waals surface area contributed by atoms with Crippen molar-refractivity contribution in [3.8, 4) is 0 Å². The Hall–Kier alpha value is -0.820. The molecule has 1 aliphatic rings. The van der Waals surface area contributed by atoms with E-state index in [1.54, 1.807) is 0 Å². The summed E-state index contributed by atoms with van der Waals surface area (Å²) in [7, 11) is 0. The van der Waals surface area contributed by atoms with Crippen LogP contribution in [0.2, 0.25) is 0 Å². The van der Waals surface area contributed by atoms with Crippen LogP contribution in [-0.4, -0.2) is 12.6 Å². The molecular formula is C19H31N. The summed E-state index contributed by atoms with van der Waals surface area (Å²) >= 11 is 0. The molecule has 1 saturated carbocycles. The summed E-state index contributed by atoms with van der Waals surface area (Å²) in [6.07, 6.45) is 8.49. The second-order valence-electron chi connectivity index (χ2n) is 6.87. The third-order valence-electron chi connectivity index (χ3n) is 5.09. The fraction of sp³-hybridized carbons (Fsp3) is 0.684. The zero-order chi connectivity index (χ0) is 14.4. The van der Waals surface area contributed by atoms with Gasteiger partial charge in [-0.1, -0.05) is 76.8 Å². The molecule has 1 fully saturated rings. The lowest BCUT2D eigenvalue weighted by atomic mass is 9.70. The Bertz CT molecular complexity index is 374. The molecule has 0 radical (unpaired) electrons. The van der Waals surface area contributed by atoms with Gasteiger partial charge in [-0.15, -0.1) is 0 Å². The topological polar surface area (TPSA) is 12.0 Å². The molecule has 1 N–H and O–H groups in total. The highest BCUT2D eigenvalue weighted by molar-refractivity contribution is 5.26. The van der Waals surface area contributed by atoms with E-state index in [1.807, 2.05) is 0 Å². The van der Waals surface area contributed by atoms with Gasteiger partial charge in [0, 0.05) is 11.5 Å². The van der Waals surface area contributed by atoms with E-state index in [2.05, 4.69) is 56.4 Å². The summed E-state index contributed by atoms with van der Waals surface area (Å²) in [6.45, 7) is 8.14. The summed E-state index contributed by atoms with van der Waals surface area (Å²) in [5.74, 6) is 0.827. The van der Waals surface area contributed by atoms with Gasteiger partial charge in [-0.25, -0.2) is 0 Å². The second-order valence-corrected chi connectivity index (χ2v) is 6.87. The largest absolute Gasteiger partial charge is 0.313 e. The van der Waals surface area contributed by atoms with Crippen molar-refractivity contribution in [3.05, 3.63) is 35.9 Å². The van der Waals surface area contributed by atoms with Crippen LogP contribution in [0, 0.1) is 5.92 Å². The van der Waals surface area contributed by atoms with Crippen LogP contribution in [0.5, 0.6) is 0 Å². The minimum absolute atomic E-state index is 0.201. The normalized spacial score (nSPS) is 19.6. The molecule has 0 spiro atoms. The predicted molar refractivity (Wildman–Crippen MR) is 88.1 cm³/mol. The Morgan fingerprint density at radius 3 is 2.20 bits per heavy atom. The molecule has 0 aromatic heterocycles. The lowest BCUT2D eigenvalue weighted by Crippen LogP contribution is -2.49. The van der Waals surface area contributed by atoms with E-state index < -0.39 is 0 Å². The molecule has 0 aliphatic heterocycles. The molecule has 1 aromatic carbocycles. The van der Waals surface area contributed by atoms with Crippen LogP contribution in [0.4, 0.5) is 0 Å². The smallest absolute Gasteiger partial charge is 0.0187 e. The van der Waals surface area contributed by atoms with Gasteiger partial charge in [0.1, 0.15) is 0 Å². The van der Waals surface area contributed by atoms with E-state index >= 15 is 0 Å². The lowest BCUT2D eigenvalue weighted by molar-refractivity contribution is 0.227. The monoisotopic (exact) mass is 273 g/mol. The van der Waals surface area contributed by atoms with Gasteiger partial charge < -0.3 is 5.32 Å². The summed E-state index contributed by atoms with van der Waals surface area (Å²) < 4.78 is 0. The van der Waals surface area contributed by atoms with E-state index in [4.69, 9.17) is 0 Å². The van der Waals surface area contributed by atoms with Crippen molar-refractivity contribution in [3.63, 3.8) is 0 Å². The summed E-state index contributed by atoms with van der Waals surface area (Å²) in [5, 5.41) is 3.82. The summed E-state index contributed by atoms with van der Waals surface area (Å²) in [4.78, 5) is 0. The zero-order valence-corrected chi connectivity index (χ0v) is 13.5. The van der Waals surface area contributed by atoms with Crippen LogP contribution in [0.15, 0.2) is 30.3 Å². The Morgan fingerprint density at radius 2 is 1.65 bits per heavy atom. The maximum Gasteiger partial charge on any atom is 0.0187 e. The van der Waals surface area contributed by atoms with Gasteiger partial charge in [0.15, 0.2) is 0 Å². The lowest BCUT2D eigenvalue weighted by Gasteiger charge is -2.40. The fourth-order valence-electron chi connectivity index (χ4n) is 3.92. The van der Waals surface area contributed by atoms with Crippen molar-refractivity contribution in [2.24, 2.45) is 5.92 Å². The molecular weight excluding hydrogens is 242 g/mol. The molecule has 1 aliphatic carbocycles. The van der Waals surface area contributed by atoms with Gasteiger partial charge in [0.05, 0.1) is 0 Å².